The van der Waals surface area contributed by atoms with Gasteiger partial charge in [0.2, 0.25) is 0 Å². The highest BCUT2D eigenvalue weighted by molar-refractivity contribution is 7.14. The van der Waals surface area contributed by atoms with Crippen molar-refractivity contribution in [2.75, 3.05) is 0 Å². The molecule has 0 atom stereocenters. The van der Waals surface area contributed by atoms with E-state index in [1.807, 2.05) is 0 Å². The summed E-state index contributed by atoms with van der Waals surface area (Å²) < 4.78 is 0. The molecule has 1 fully saturated rings. The molecule has 8 heteroatoms. The van der Waals surface area contributed by atoms with Gasteiger partial charge in [-0.2, -0.15) is 0 Å². The van der Waals surface area contributed by atoms with Crippen LogP contribution in [0.5, 0.6) is 0 Å². The van der Waals surface area contributed by atoms with Gasteiger partial charge >= 0.3 is 0 Å². The molecule has 124 valence electrons. The lowest BCUT2D eigenvalue weighted by molar-refractivity contribution is 0.0933. The molecule has 24 heavy (non-hydrogen) atoms. The molecule has 3 aromatic heterocycles. The minimum atomic E-state index is -0.226. The predicted molar refractivity (Wildman–Crippen MR) is 95.7 cm³/mol. The summed E-state index contributed by atoms with van der Waals surface area (Å²) in [4.78, 5) is 37.5. The van der Waals surface area contributed by atoms with Gasteiger partial charge in [0.25, 0.3) is 11.5 Å². The molecule has 3 aromatic rings. The molecule has 1 saturated carbocycles. The molecule has 0 aliphatic heterocycles. The summed E-state index contributed by atoms with van der Waals surface area (Å²) in [5.41, 5.74) is 1.93. The van der Waals surface area contributed by atoms with E-state index in [4.69, 9.17) is 0 Å². The highest BCUT2D eigenvalue weighted by atomic mass is 32.1. The zero-order chi connectivity index (χ0) is 16.5. The summed E-state index contributed by atoms with van der Waals surface area (Å²) in [6, 6.07) is 0.228. The van der Waals surface area contributed by atoms with Gasteiger partial charge in [0.1, 0.15) is 10.4 Å². The lowest BCUT2D eigenvalue weighted by Gasteiger charge is -2.22. The van der Waals surface area contributed by atoms with Crippen LogP contribution in [0.15, 0.2) is 21.9 Å². The highest BCUT2D eigenvalue weighted by Crippen LogP contribution is 2.26. The lowest BCUT2D eigenvalue weighted by atomic mass is 9.95. The third-order valence-corrected chi connectivity index (χ3v) is 6.03. The van der Waals surface area contributed by atoms with E-state index in [1.165, 1.54) is 29.1 Å². The molecule has 0 saturated heterocycles. The monoisotopic (exact) mass is 360 g/mol. The second-order valence-corrected chi connectivity index (χ2v) is 7.68. The number of thiophene rings is 1. The highest BCUT2D eigenvalue weighted by Gasteiger charge is 2.21. The second-order valence-electron chi connectivity index (χ2n) is 5.92. The van der Waals surface area contributed by atoms with Gasteiger partial charge in [-0.1, -0.05) is 19.3 Å². The molecular weight excluding hydrogens is 344 g/mol. The van der Waals surface area contributed by atoms with Gasteiger partial charge in [0.15, 0.2) is 5.82 Å². The number of carbonyl (C=O) groups excluding carboxylic acids is 1. The molecule has 2 N–H and O–H groups in total. The van der Waals surface area contributed by atoms with Crippen LogP contribution in [0.3, 0.4) is 0 Å². The number of hydrogen-bond donors (Lipinski definition) is 2. The van der Waals surface area contributed by atoms with Gasteiger partial charge in [-0.05, 0) is 12.8 Å². The Morgan fingerprint density at radius 1 is 1.25 bits per heavy atom. The Labute approximate surface area is 146 Å². The number of nitrogens with one attached hydrogen (secondary N) is 2. The Balaban J connectivity index is 1.70. The minimum Gasteiger partial charge on any atom is -0.349 e. The quantitative estimate of drug-likeness (QED) is 0.751. The summed E-state index contributed by atoms with van der Waals surface area (Å²) in [5, 5.41) is 5.26. The summed E-state index contributed by atoms with van der Waals surface area (Å²) in [6.45, 7) is 0. The van der Waals surface area contributed by atoms with Crippen molar-refractivity contribution in [1.82, 2.24) is 20.3 Å². The zero-order valence-corrected chi connectivity index (χ0v) is 14.5. The van der Waals surface area contributed by atoms with Crippen LogP contribution in [-0.2, 0) is 0 Å². The van der Waals surface area contributed by atoms with Crippen molar-refractivity contribution in [2.24, 2.45) is 0 Å². The first-order chi connectivity index (χ1) is 11.7. The van der Waals surface area contributed by atoms with E-state index in [2.05, 4.69) is 20.3 Å². The lowest BCUT2D eigenvalue weighted by Crippen LogP contribution is -2.35. The third-order valence-electron chi connectivity index (χ3n) is 4.28. The van der Waals surface area contributed by atoms with Crippen molar-refractivity contribution in [3.63, 3.8) is 0 Å². The van der Waals surface area contributed by atoms with Crippen LogP contribution in [0.2, 0.25) is 0 Å². The van der Waals surface area contributed by atoms with Crippen LogP contribution < -0.4 is 10.9 Å². The molecule has 1 aliphatic rings. The van der Waals surface area contributed by atoms with Gasteiger partial charge < -0.3 is 10.3 Å². The third kappa shape index (κ3) is 2.87. The largest absolute Gasteiger partial charge is 0.349 e. The van der Waals surface area contributed by atoms with E-state index in [0.717, 1.165) is 30.6 Å². The summed E-state index contributed by atoms with van der Waals surface area (Å²) in [6.07, 6.45) is 7.25. The topological polar surface area (TPSA) is 87.7 Å². The van der Waals surface area contributed by atoms with E-state index >= 15 is 0 Å². The van der Waals surface area contributed by atoms with Crippen molar-refractivity contribution < 1.29 is 4.79 Å². The fourth-order valence-electron chi connectivity index (χ4n) is 3.05. The smallest absolute Gasteiger partial charge is 0.263 e. The van der Waals surface area contributed by atoms with Crippen LogP contribution >= 0.6 is 22.7 Å². The molecule has 0 radical (unpaired) electrons. The number of aromatic amines is 1. The first kappa shape index (κ1) is 15.5. The van der Waals surface area contributed by atoms with Gasteiger partial charge in [0.05, 0.1) is 15.8 Å². The fourth-order valence-corrected chi connectivity index (χ4v) is 4.50. The van der Waals surface area contributed by atoms with Crippen LogP contribution in [-0.4, -0.2) is 26.9 Å². The Kier molecular flexibility index (Phi) is 4.15. The van der Waals surface area contributed by atoms with E-state index in [9.17, 15) is 9.59 Å². The Morgan fingerprint density at radius 2 is 2.08 bits per heavy atom. The number of rotatable bonds is 3. The SMILES string of the molecule is O=C(NC1CCCCC1)c1scc2c(=O)[nH]c(-c3cncs3)nc12. The van der Waals surface area contributed by atoms with E-state index in [0.29, 0.717) is 21.6 Å². The number of nitrogens with zero attached hydrogens (tertiary/aromatic N) is 2. The summed E-state index contributed by atoms with van der Waals surface area (Å²) in [5.74, 6) is 0.329. The maximum atomic E-state index is 12.6. The average Bonchev–Trinajstić information content (AvgIpc) is 3.25. The minimum absolute atomic E-state index is 0.129. The number of fused-ring (bicyclic) bond motifs is 1. The van der Waals surface area contributed by atoms with Crippen LogP contribution in [0, 0.1) is 0 Å². The molecule has 3 heterocycles. The number of hydrogen-bond acceptors (Lipinski definition) is 6. The van der Waals surface area contributed by atoms with Gasteiger partial charge in [-0.15, -0.1) is 22.7 Å². The second kappa shape index (κ2) is 6.45. The maximum Gasteiger partial charge on any atom is 0.263 e. The first-order valence-electron chi connectivity index (χ1n) is 7.93. The number of carbonyl (C=O) groups is 1. The Hall–Kier alpha value is -2.06. The average molecular weight is 360 g/mol. The maximum absolute atomic E-state index is 12.6. The van der Waals surface area contributed by atoms with Gasteiger partial charge in [-0.3, -0.25) is 14.6 Å². The number of H-pyrrole nitrogens is 1. The molecule has 0 bridgehead atoms. The summed E-state index contributed by atoms with van der Waals surface area (Å²) in [7, 11) is 0. The zero-order valence-electron chi connectivity index (χ0n) is 12.9. The number of amides is 1. The van der Waals surface area contributed by atoms with E-state index in [-0.39, 0.29) is 17.5 Å². The molecule has 1 amide bonds. The first-order valence-corrected chi connectivity index (χ1v) is 9.69. The van der Waals surface area contributed by atoms with Gasteiger partial charge in [-0.25, -0.2) is 4.98 Å². The van der Waals surface area contributed by atoms with Gasteiger partial charge in [0, 0.05) is 17.6 Å². The molecule has 1 aliphatic carbocycles. The van der Waals surface area contributed by atoms with E-state index in [1.54, 1.807) is 17.1 Å². The summed E-state index contributed by atoms with van der Waals surface area (Å²) >= 11 is 2.67. The van der Waals surface area contributed by atoms with Crippen molar-refractivity contribution >= 4 is 39.5 Å². The molecule has 6 nitrogen and oxygen atoms in total. The standard InChI is InChI=1S/C16H16N4O2S2/c21-15-10-7-23-13(16(22)18-9-4-2-1-3-5-9)12(10)19-14(20-15)11-6-17-8-24-11/h6-9H,1-5H2,(H,18,22)(H,19,20,21). The van der Waals surface area contributed by atoms with Crippen molar-refractivity contribution in [3.8, 4) is 10.7 Å². The molecule has 0 unspecified atom stereocenters. The number of thiazole rings is 1. The van der Waals surface area contributed by atoms with Crippen LogP contribution in [0.25, 0.3) is 21.6 Å². The van der Waals surface area contributed by atoms with E-state index < -0.39 is 0 Å². The van der Waals surface area contributed by atoms with Crippen LogP contribution in [0.1, 0.15) is 41.8 Å². The molecule has 0 aromatic carbocycles. The predicted octanol–water partition coefficient (Wildman–Crippen LogP) is 3.17. The Morgan fingerprint density at radius 3 is 2.83 bits per heavy atom. The Bertz CT molecular complexity index is 923. The fraction of sp³-hybridized carbons (Fsp3) is 0.375. The molecular formula is C16H16N4O2S2. The normalized spacial score (nSPS) is 15.7. The van der Waals surface area contributed by atoms with Crippen molar-refractivity contribution in [2.45, 2.75) is 38.1 Å². The van der Waals surface area contributed by atoms with Crippen molar-refractivity contribution in [1.29, 1.82) is 0 Å². The molecule has 4 rings (SSSR count). The molecule has 0 spiro atoms. The van der Waals surface area contributed by atoms with Crippen LogP contribution in [0.4, 0.5) is 0 Å². The van der Waals surface area contributed by atoms with Crippen molar-refractivity contribution in [3.05, 3.63) is 32.3 Å². The number of aromatic nitrogens is 3.